The van der Waals surface area contributed by atoms with Gasteiger partial charge in [-0.15, -0.1) is 0 Å². The fourth-order valence-electron chi connectivity index (χ4n) is 1.60. The number of pyridine rings is 1. The maximum absolute atomic E-state index is 13.8. The predicted octanol–water partition coefficient (Wildman–Crippen LogP) is 1.82. The van der Waals surface area contributed by atoms with Crippen LogP contribution in [0.4, 0.5) is 10.1 Å². The fraction of sp³-hybridized carbons (Fsp3) is 0.154. The number of aryl methyl sites for hydroxylation is 1. The van der Waals surface area contributed by atoms with Crippen LogP contribution in [0.3, 0.4) is 0 Å². The Labute approximate surface area is 116 Å². The van der Waals surface area contributed by atoms with Crippen molar-refractivity contribution in [1.82, 2.24) is 4.98 Å². The Balaban J connectivity index is 2.33. The maximum Gasteiger partial charge on any atom is 0.264 e. The topological polar surface area (TPSA) is 79.3 Å². The molecule has 20 heavy (non-hydrogen) atoms. The number of nitrogens with zero attached hydrogens (tertiary/aromatic N) is 1. The molecule has 106 valence electrons. The quantitative estimate of drug-likeness (QED) is 0.902. The van der Waals surface area contributed by atoms with Crippen LogP contribution in [0.5, 0.6) is 0 Å². The average molecular weight is 296 g/mol. The van der Waals surface area contributed by atoms with E-state index in [-0.39, 0.29) is 12.3 Å². The zero-order chi connectivity index (χ0) is 14.8. The highest BCUT2D eigenvalue weighted by atomic mass is 32.2. The summed E-state index contributed by atoms with van der Waals surface area (Å²) in [5.41, 5.74) is 1.30. The van der Waals surface area contributed by atoms with Gasteiger partial charge in [-0.25, -0.2) is 12.8 Å². The average Bonchev–Trinajstić information content (AvgIpc) is 2.40. The molecule has 0 radical (unpaired) electrons. The number of aliphatic hydroxyl groups excluding tert-OH is 1. The first kappa shape index (κ1) is 14.4. The molecule has 0 fully saturated rings. The highest BCUT2D eigenvalue weighted by Gasteiger charge is 2.19. The molecule has 0 saturated heterocycles. The minimum Gasteiger partial charge on any atom is -0.392 e. The number of nitrogens with one attached hydrogen (secondary N) is 1. The molecule has 0 unspecified atom stereocenters. The minimum atomic E-state index is -4.03. The molecule has 2 N–H and O–H groups in total. The van der Waals surface area contributed by atoms with Crippen molar-refractivity contribution in [2.45, 2.75) is 18.4 Å². The fourth-order valence-corrected chi connectivity index (χ4v) is 2.70. The molecule has 0 aliphatic rings. The van der Waals surface area contributed by atoms with Gasteiger partial charge < -0.3 is 5.11 Å². The molecule has 2 rings (SSSR count). The number of aliphatic hydroxyl groups is 1. The first-order chi connectivity index (χ1) is 9.42. The first-order valence-corrected chi connectivity index (χ1v) is 7.25. The number of sulfonamides is 1. The molecule has 1 aromatic carbocycles. The Kier molecular flexibility index (Phi) is 4.01. The molecular weight excluding hydrogens is 283 g/mol. The monoisotopic (exact) mass is 296 g/mol. The van der Waals surface area contributed by atoms with E-state index in [0.717, 1.165) is 17.8 Å². The highest BCUT2D eigenvalue weighted by molar-refractivity contribution is 7.92. The Bertz CT molecular complexity index is 715. The second-order valence-corrected chi connectivity index (χ2v) is 5.87. The molecule has 5 nitrogen and oxygen atoms in total. The second-order valence-electron chi connectivity index (χ2n) is 4.22. The number of anilines is 1. The summed E-state index contributed by atoms with van der Waals surface area (Å²) in [7, 11) is -4.03. The van der Waals surface area contributed by atoms with Crippen molar-refractivity contribution < 1.29 is 17.9 Å². The molecule has 0 aliphatic carbocycles. The van der Waals surface area contributed by atoms with Crippen molar-refractivity contribution in [3.63, 3.8) is 0 Å². The van der Waals surface area contributed by atoms with Crippen molar-refractivity contribution in [3.05, 3.63) is 53.6 Å². The standard InChI is InChI=1S/C13H13FN2O3S/c1-9-2-4-11(7-15-9)16-20(18,19)13-5-3-10(8-17)6-12(13)14/h2-7,16-17H,8H2,1H3. The number of hydrogen-bond acceptors (Lipinski definition) is 4. The summed E-state index contributed by atoms with van der Waals surface area (Å²) in [6.45, 7) is 1.41. The maximum atomic E-state index is 13.8. The van der Waals surface area contributed by atoms with Crippen LogP contribution in [-0.4, -0.2) is 18.5 Å². The molecule has 0 atom stereocenters. The van der Waals surface area contributed by atoms with Gasteiger partial charge in [0.15, 0.2) is 0 Å². The SMILES string of the molecule is Cc1ccc(NS(=O)(=O)c2ccc(CO)cc2F)cn1. The van der Waals surface area contributed by atoms with E-state index in [2.05, 4.69) is 9.71 Å². The van der Waals surface area contributed by atoms with E-state index in [4.69, 9.17) is 5.11 Å². The smallest absolute Gasteiger partial charge is 0.264 e. The zero-order valence-electron chi connectivity index (χ0n) is 10.7. The number of benzene rings is 1. The van der Waals surface area contributed by atoms with Gasteiger partial charge in [0.2, 0.25) is 0 Å². The summed E-state index contributed by atoms with van der Waals surface area (Å²) < 4.78 is 40.1. The van der Waals surface area contributed by atoms with Crippen molar-refractivity contribution >= 4 is 15.7 Å². The number of hydrogen-bond donors (Lipinski definition) is 2. The van der Waals surface area contributed by atoms with Gasteiger partial charge in [-0.05, 0) is 36.8 Å². The van der Waals surface area contributed by atoms with Crippen LogP contribution >= 0.6 is 0 Å². The van der Waals surface area contributed by atoms with Crippen LogP contribution in [0.2, 0.25) is 0 Å². The van der Waals surface area contributed by atoms with Crippen LogP contribution in [0.25, 0.3) is 0 Å². The lowest BCUT2D eigenvalue weighted by Gasteiger charge is -2.09. The largest absolute Gasteiger partial charge is 0.392 e. The van der Waals surface area contributed by atoms with Crippen molar-refractivity contribution in [3.8, 4) is 0 Å². The normalized spacial score (nSPS) is 11.3. The Hall–Kier alpha value is -1.99. The summed E-state index contributed by atoms with van der Waals surface area (Å²) in [6.07, 6.45) is 1.35. The Morgan fingerprint density at radius 2 is 2.05 bits per heavy atom. The molecule has 0 spiro atoms. The van der Waals surface area contributed by atoms with Gasteiger partial charge in [-0.1, -0.05) is 6.07 Å². The van der Waals surface area contributed by atoms with Crippen LogP contribution in [0.1, 0.15) is 11.3 Å². The molecule has 0 aliphatic heterocycles. The van der Waals surface area contributed by atoms with Gasteiger partial charge in [-0.2, -0.15) is 0 Å². The van der Waals surface area contributed by atoms with Gasteiger partial charge in [0, 0.05) is 5.69 Å². The summed E-state index contributed by atoms with van der Waals surface area (Å²) >= 11 is 0. The molecule has 2 aromatic rings. The number of halogens is 1. The molecule has 7 heteroatoms. The lowest BCUT2D eigenvalue weighted by atomic mass is 10.2. The highest BCUT2D eigenvalue weighted by Crippen LogP contribution is 2.19. The summed E-state index contributed by atoms with van der Waals surface area (Å²) in [5.74, 6) is -0.913. The third kappa shape index (κ3) is 3.12. The van der Waals surface area contributed by atoms with E-state index in [1.807, 2.05) is 0 Å². The lowest BCUT2D eigenvalue weighted by molar-refractivity contribution is 0.281. The predicted molar refractivity (Wildman–Crippen MR) is 72.1 cm³/mol. The molecule has 0 bridgehead atoms. The third-order valence-corrected chi connectivity index (χ3v) is 4.05. The van der Waals surface area contributed by atoms with Crippen molar-refractivity contribution in [1.29, 1.82) is 0 Å². The van der Waals surface area contributed by atoms with Crippen LogP contribution in [0, 0.1) is 12.7 Å². The van der Waals surface area contributed by atoms with Gasteiger partial charge in [0.1, 0.15) is 10.7 Å². The Morgan fingerprint density at radius 1 is 1.30 bits per heavy atom. The third-order valence-electron chi connectivity index (χ3n) is 2.63. The van der Waals surface area contributed by atoms with E-state index in [1.165, 1.54) is 12.3 Å². The summed E-state index contributed by atoms with van der Waals surface area (Å²) in [5, 5.41) is 8.88. The first-order valence-electron chi connectivity index (χ1n) is 5.77. The van der Waals surface area contributed by atoms with Gasteiger partial charge in [-0.3, -0.25) is 9.71 Å². The van der Waals surface area contributed by atoms with Gasteiger partial charge in [0.25, 0.3) is 10.0 Å². The Morgan fingerprint density at radius 3 is 2.60 bits per heavy atom. The molecule has 0 amide bonds. The second kappa shape index (κ2) is 5.56. The summed E-state index contributed by atoms with van der Waals surface area (Å²) in [6, 6.07) is 6.64. The van der Waals surface area contributed by atoms with Crippen LogP contribution in [0.15, 0.2) is 41.4 Å². The van der Waals surface area contributed by atoms with E-state index in [1.54, 1.807) is 19.1 Å². The van der Waals surface area contributed by atoms with E-state index in [0.29, 0.717) is 5.56 Å². The van der Waals surface area contributed by atoms with E-state index < -0.39 is 20.7 Å². The lowest BCUT2D eigenvalue weighted by Crippen LogP contribution is -2.15. The summed E-state index contributed by atoms with van der Waals surface area (Å²) in [4.78, 5) is 3.48. The van der Waals surface area contributed by atoms with Crippen molar-refractivity contribution in [2.75, 3.05) is 4.72 Å². The van der Waals surface area contributed by atoms with E-state index >= 15 is 0 Å². The van der Waals surface area contributed by atoms with Crippen LogP contribution < -0.4 is 4.72 Å². The molecule has 1 aromatic heterocycles. The van der Waals surface area contributed by atoms with E-state index in [9.17, 15) is 12.8 Å². The zero-order valence-corrected chi connectivity index (χ0v) is 11.5. The minimum absolute atomic E-state index is 0.251. The number of aromatic nitrogens is 1. The van der Waals surface area contributed by atoms with Gasteiger partial charge in [0.05, 0.1) is 18.5 Å². The molecular formula is C13H13FN2O3S. The van der Waals surface area contributed by atoms with Crippen molar-refractivity contribution in [2.24, 2.45) is 0 Å². The molecule has 1 heterocycles. The molecule has 0 saturated carbocycles. The number of rotatable bonds is 4. The van der Waals surface area contributed by atoms with Gasteiger partial charge >= 0.3 is 0 Å². The van der Waals surface area contributed by atoms with Crippen LogP contribution in [-0.2, 0) is 16.6 Å².